The van der Waals surface area contributed by atoms with Crippen molar-refractivity contribution in [1.29, 1.82) is 0 Å². The lowest BCUT2D eigenvalue weighted by Gasteiger charge is -2.31. The molecule has 0 bridgehead atoms. The van der Waals surface area contributed by atoms with Crippen LogP contribution in [0.3, 0.4) is 0 Å². The van der Waals surface area contributed by atoms with Gasteiger partial charge in [-0.3, -0.25) is 14.6 Å². The van der Waals surface area contributed by atoms with Gasteiger partial charge in [-0.05, 0) is 28.7 Å². The molecular weight excluding hydrogens is 452 g/mol. The number of hydrogen-bond acceptors (Lipinski definition) is 6. The molecule has 0 radical (unpaired) electrons. The lowest BCUT2D eigenvalue weighted by atomic mass is 9.73. The Balaban J connectivity index is 1.49. The Morgan fingerprint density at radius 2 is 1.64 bits per heavy atom. The van der Waals surface area contributed by atoms with Gasteiger partial charge in [-0.1, -0.05) is 69.2 Å². The second kappa shape index (κ2) is 8.84. The van der Waals surface area contributed by atoms with E-state index in [1.54, 1.807) is 0 Å². The van der Waals surface area contributed by atoms with Gasteiger partial charge in [-0.2, -0.15) is 0 Å². The third-order valence-electron chi connectivity index (χ3n) is 7.15. The smallest absolute Gasteiger partial charge is 0.168 e. The van der Waals surface area contributed by atoms with Crippen molar-refractivity contribution in [3.63, 3.8) is 0 Å². The number of allylic oxidation sites excluding steroid dienone is 2. The molecule has 1 N–H and O–H groups in total. The minimum Gasteiger partial charge on any atom is -0.511 e. The Morgan fingerprint density at radius 1 is 0.944 bits per heavy atom. The summed E-state index contributed by atoms with van der Waals surface area (Å²) in [7, 11) is 0. The molecule has 186 valence electrons. The van der Waals surface area contributed by atoms with Gasteiger partial charge in [0, 0.05) is 37.5 Å². The maximum atomic E-state index is 13.2. The average Bonchev–Trinajstić information content (AvgIpc) is 3.18. The number of Topliss-reactive ketones (excluding diaryl/α,β-unsaturated/α-hetero) is 2. The minimum absolute atomic E-state index is 0.00479. The van der Waals surface area contributed by atoms with E-state index in [4.69, 9.17) is 9.52 Å². The van der Waals surface area contributed by atoms with E-state index in [2.05, 4.69) is 5.16 Å². The van der Waals surface area contributed by atoms with Gasteiger partial charge >= 0.3 is 0 Å². The van der Waals surface area contributed by atoms with Crippen molar-refractivity contribution in [3.8, 4) is 0 Å². The summed E-state index contributed by atoms with van der Waals surface area (Å²) in [6, 6.07) is 13.9. The highest BCUT2D eigenvalue weighted by Gasteiger charge is 2.38. The van der Waals surface area contributed by atoms with Crippen LogP contribution < -0.4 is 0 Å². The van der Waals surface area contributed by atoms with E-state index in [1.807, 2.05) is 70.2 Å². The maximum Gasteiger partial charge on any atom is 0.168 e. The van der Waals surface area contributed by atoms with Crippen molar-refractivity contribution in [1.82, 2.24) is 5.16 Å². The topological polar surface area (TPSA) is 92.8 Å². The lowest BCUT2D eigenvalue weighted by Crippen LogP contribution is -2.32. The predicted molar refractivity (Wildman–Crippen MR) is 140 cm³/mol. The number of nitrogens with zero attached hydrogens (tertiary/aromatic N) is 2. The lowest BCUT2D eigenvalue weighted by molar-refractivity contribution is -0.117. The monoisotopic (exact) mass is 484 g/mol. The van der Waals surface area contributed by atoms with E-state index in [0.29, 0.717) is 60.4 Å². The molecule has 2 aliphatic rings. The molecule has 6 nitrogen and oxygen atoms in total. The molecule has 1 aromatic heterocycles. The van der Waals surface area contributed by atoms with E-state index in [-0.39, 0.29) is 34.6 Å². The fraction of sp³-hybridized carbons (Fsp3) is 0.400. The Morgan fingerprint density at radius 3 is 2.44 bits per heavy atom. The van der Waals surface area contributed by atoms with Crippen LogP contribution in [0.15, 0.2) is 63.3 Å². The van der Waals surface area contributed by atoms with Crippen LogP contribution in [-0.2, 0) is 17.6 Å². The SMILES string of the molecule is CC1(C)CC(=O)C(=C(O)CCc2noc3c2C(=O)CC(C)(C)C3)C(=Nc2cccc3ccccc23)C1. The summed E-state index contributed by atoms with van der Waals surface area (Å²) in [5, 5.41) is 17.4. The molecule has 1 fully saturated rings. The molecule has 5 rings (SSSR count). The van der Waals surface area contributed by atoms with Crippen LogP contribution in [0.2, 0.25) is 0 Å². The summed E-state index contributed by atoms with van der Waals surface area (Å²) in [5.41, 5.74) is 2.37. The molecule has 3 aromatic rings. The molecule has 2 aromatic carbocycles. The maximum absolute atomic E-state index is 13.2. The molecule has 0 aliphatic heterocycles. The highest BCUT2D eigenvalue weighted by atomic mass is 16.5. The number of aromatic nitrogens is 1. The van der Waals surface area contributed by atoms with Crippen LogP contribution in [0.4, 0.5) is 5.69 Å². The first-order valence-electron chi connectivity index (χ1n) is 12.5. The van der Waals surface area contributed by atoms with Crippen molar-refractivity contribution in [2.24, 2.45) is 15.8 Å². The second-order valence-electron chi connectivity index (χ2n) is 11.7. The molecule has 0 saturated heterocycles. The number of rotatable bonds is 4. The van der Waals surface area contributed by atoms with Crippen LogP contribution in [0.25, 0.3) is 10.8 Å². The van der Waals surface area contributed by atoms with Crippen LogP contribution >= 0.6 is 0 Å². The zero-order valence-corrected chi connectivity index (χ0v) is 21.4. The molecule has 2 aliphatic carbocycles. The van der Waals surface area contributed by atoms with Crippen molar-refractivity contribution in [3.05, 3.63) is 70.8 Å². The summed E-state index contributed by atoms with van der Waals surface area (Å²) in [6.07, 6.45) is 2.52. The zero-order chi connectivity index (χ0) is 25.7. The van der Waals surface area contributed by atoms with Crippen LogP contribution in [0, 0.1) is 10.8 Å². The minimum atomic E-state index is -0.255. The van der Waals surface area contributed by atoms with Crippen LogP contribution in [0.1, 0.15) is 75.2 Å². The van der Waals surface area contributed by atoms with E-state index in [0.717, 1.165) is 16.5 Å². The molecule has 0 spiro atoms. The molecule has 36 heavy (non-hydrogen) atoms. The van der Waals surface area contributed by atoms with Crippen molar-refractivity contribution in [2.75, 3.05) is 0 Å². The molecule has 0 amide bonds. The summed E-state index contributed by atoms with van der Waals surface area (Å²) in [6.45, 7) is 8.18. The summed E-state index contributed by atoms with van der Waals surface area (Å²) >= 11 is 0. The second-order valence-corrected chi connectivity index (χ2v) is 11.7. The van der Waals surface area contributed by atoms with E-state index in [9.17, 15) is 14.7 Å². The number of carbonyl (C=O) groups is 2. The summed E-state index contributed by atoms with van der Waals surface area (Å²) in [5.74, 6) is 0.531. The summed E-state index contributed by atoms with van der Waals surface area (Å²) in [4.78, 5) is 30.9. The Labute approximate surface area is 211 Å². The van der Waals surface area contributed by atoms with Gasteiger partial charge in [0.05, 0.1) is 28.2 Å². The van der Waals surface area contributed by atoms with Gasteiger partial charge < -0.3 is 9.63 Å². The van der Waals surface area contributed by atoms with E-state index >= 15 is 0 Å². The number of ketones is 2. The normalized spacial score (nSPS) is 21.6. The Bertz CT molecular complexity index is 1430. The van der Waals surface area contributed by atoms with Crippen LogP contribution in [-0.4, -0.2) is 27.5 Å². The molecular formula is C30H32N2O4. The first-order valence-corrected chi connectivity index (χ1v) is 12.5. The quantitative estimate of drug-likeness (QED) is 0.321. The predicted octanol–water partition coefficient (Wildman–Crippen LogP) is 6.89. The number of benzene rings is 2. The largest absolute Gasteiger partial charge is 0.511 e. The van der Waals surface area contributed by atoms with Gasteiger partial charge in [0.2, 0.25) is 0 Å². The summed E-state index contributed by atoms with van der Waals surface area (Å²) < 4.78 is 5.50. The van der Waals surface area contributed by atoms with Crippen molar-refractivity contribution < 1.29 is 19.2 Å². The first-order chi connectivity index (χ1) is 17.0. The highest BCUT2D eigenvalue weighted by molar-refractivity contribution is 6.25. The standard InChI is InChI=1S/C30H32N2O4/c1-29(2)14-22(31-20-11-7-9-18-8-5-6-10-19(18)20)27(24(34)15-29)23(33)13-12-21-28-25(35)16-30(3,4)17-26(28)36-32-21/h5-11,33H,12-17H2,1-4H3. The van der Waals surface area contributed by atoms with Gasteiger partial charge in [-0.25, -0.2) is 0 Å². The van der Waals surface area contributed by atoms with Crippen LogP contribution in [0.5, 0.6) is 0 Å². The first kappa shape index (κ1) is 24.2. The number of aliphatic imine (C=N–C) groups is 1. The fourth-order valence-corrected chi connectivity index (χ4v) is 5.51. The number of carbonyl (C=O) groups excluding carboxylic acids is 2. The molecule has 0 atom stereocenters. The number of hydrogen-bond donors (Lipinski definition) is 1. The van der Waals surface area contributed by atoms with Gasteiger partial charge in [0.15, 0.2) is 11.6 Å². The number of aliphatic hydroxyl groups excluding tert-OH is 1. The molecule has 1 saturated carbocycles. The number of fused-ring (bicyclic) bond motifs is 2. The van der Waals surface area contributed by atoms with Crippen molar-refractivity contribution in [2.45, 2.75) is 66.2 Å². The third kappa shape index (κ3) is 4.64. The number of aliphatic hydroxyl groups is 1. The van der Waals surface area contributed by atoms with Gasteiger partial charge in [-0.15, -0.1) is 0 Å². The zero-order valence-electron chi connectivity index (χ0n) is 21.4. The van der Waals surface area contributed by atoms with Crippen molar-refractivity contribution >= 4 is 33.7 Å². The molecule has 1 heterocycles. The van der Waals surface area contributed by atoms with E-state index in [1.165, 1.54) is 0 Å². The molecule has 6 heteroatoms. The Hall–Kier alpha value is -3.54. The highest BCUT2D eigenvalue weighted by Crippen LogP contribution is 2.39. The van der Waals surface area contributed by atoms with Gasteiger partial charge in [0.25, 0.3) is 0 Å². The third-order valence-corrected chi connectivity index (χ3v) is 7.15. The fourth-order valence-electron chi connectivity index (χ4n) is 5.51. The van der Waals surface area contributed by atoms with Gasteiger partial charge in [0.1, 0.15) is 11.5 Å². The van der Waals surface area contributed by atoms with E-state index < -0.39 is 0 Å². The average molecular weight is 485 g/mol. The Kier molecular flexibility index (Phi) is 5.93. The molecule has 0 unspecified atom stereocenters. The number of aryl methyl sites for hydroxylation is 1.